The van der Waals surface area contributed by atoms with Gasteiger partial charge < -0.3 is 4.90 Å². The predicted molar refractivity (Wildman–Crippen MR) is 93.0 cm³/mol. The highest BCUT2D eigenvalue weighted by Gasteiger charge is 2.26. The van der Waals surface area contributed by atoms with Crippen molar-refractivity contribution < 1.29 is 4.79 Å². The minimum atomic E-state index is 0.169. The van der Waals surface area contributed by atoms with Gasteiger partial charge in [0.25, 0.3) is 5.91 Å². The summed E-state index contributed by atoms with van der Waals surface area (Å²) in [5.41, 5.74) is 4.69. The van der Waals surface area contributed by atoms with Gasteiger partial charge in [0.15, 0.2) is 0 Å². The third-order valence-electron chi connectivity index (χ3n) is 5.33. The van der Waals surface area contributed by atoms with Crippen molar-refractivity contribution in [3.8, 4) is 0 Å². The molecule has 0 saturated carbocycles. The summed E-state index contributed by atoms with van der Waals surface area (Å²) in [5.74, 6) is 0.491. The third kappa shape index (κ3) is 3.05. The van der Waals surface area contributed by atoms with Crippen molar-refractivity contribution in [1.29, 1.82) is 0 Å². The molecule has 1 aromatic carbocycles. The zero-order valence-electron chi connectivity index (χ0n) is 13.9. The van der Waals surface area contributed by atoms with Crippen LogP contribution < -0.4 is 0 Å². The zero-order valence-corrected chi connectivity index (χ0v) is 13.9. The molecule has 1 atom stereocenters. The molecule has 2 heterocycles. The van der Waals surface area contributed by atoms with Crippen LogP contribution in [-0.2, 0) is 12.8 Å². The number of piperidine rings is 1. The number of likely N-dealkylation sites (tertiary alicyclic amines) is 1. The SMILES string of the molecule is O=C(c1ccc2c(c1)CCCC2)N1CCC[C@H](c2ccncn2)C1. The van der Waals surface area contributed by atoms with Gasteiger partial charge in [0.05, 0.1) is 0 Å². The van der Waals surface area contributed by atoms with Crippen LogP contribution in [0.25, 0.3) is 0 Å². The summed E-state index contributed by atoms with van der Waals surface area (Å²) < 4.78 is 0. The summed E-state index contributed by atoms with van der Waals surface area (Å²) in [6, 6.07) is 8.27. The second kappa shape index (κ2) is 6.71. The maximum atomic E-state index is 13.0. The first-order valence-corrected chi connectivity index (χ1v) is 8.98. The van der Waals surface area contributed by atoms with Crippen molar-refractivity contribution >= 4 is 5.91 Å². The molecule has 24 heavy (non-hydrogen) atoms. The molecule has 2 aliphatic rings. The molecule has 0 unspecified atom stereocenters. The van der Waals surface area contributed by atoms with Crippen LogP contribution in [0.5, 0.6) is 0 Å². The average molecular weight is 321 g/mol. The number of fused-ring (bicyclic) bond motifs is 1. The van der Waals surface area contributed by atoms with E-state index >= 15 is 0 Å². The highest BCUT2D eigenvalue weighted by atomic mass is 16.2. The molecule has 2 aromatic rings. The lowest BCUT2D eigenvalue weighted by Gasteiger charge is -2.32. The van der Waals surface area contributed by atoms with Crippen molar-refractivity contribution in [2.24, 2.45) is 0 Å². The Hall–Kier alpha value is -2.23. The number of aryl methyl sites for hydroxylation is 2. The molecule has 0 radical (unpaired) electrons. The summed E-state index contributed by atoms with van der Waals surface area (Å²) in [5, 5.41) is 0. The molecular weight excluding hydrogens is 298 g/mol. The second-order valence-corrected chi connectivity index (χ2v) is 6.92. The minimum absolute atomic E-state index is 0.169. The number of hydrogen-bond donors (Lipinski definition) is 0. The van der Waals surface area contributed by atoms with E-state index in [0.717, 1.165) is 50.0 Å². The Bertz CT molecular complexity index is 729. The Labute approximate surface area is 142 Å². The standard InChI is InChI=1S/C20H23N3O/c24-20(17-8-7-15-4-1-2-5-16(15)12-17)23-11-3-6-18(13-23)19-9-10-21-14-22-19/h7-10,12,14,18H,1-6,11,13H2/t18-/m0/s1. The fraction of sp³-hybridized carbons (Fsp3) is 0.450. The minimum Gasteiger partial charge on any atom is -0.338 e. The first-order valence-electron chi connectivity index (χ1n) is 8.98. The highest BCUT2D eigenvalue weighted by molar-refractivity contribution is 5.94. The molecule has 124 valence electrons. The molecule has 4 nitrogen and oxygen atoms in total. The molecule has 0 bridgehead atoms. The summed E-state index contributed by atoms with van der Waals surface area (Å²) in [7, 11) is 0. The molecule has 4 rings (SSSR count). The molecule has 1 aliphatic heterocycles. The lowest BCUT2D eigenvalue weighted by Crippen LogP contribution is -2.39. The Morgan fingerprint density at radius 3 is 2.79 bits per heavy atom. The molecule has 0 N–H and O–H groups in total. The van der Waals surface area contributed by atoms with Crippen molar-refractivity contribution in [3.05, 3.63) is 59.2 Å². The van der Waals surface area contributed by atoms with Gasteiger partial charge in [-0.05, 0) is 67.9 Å². The second-order valence-electron chi connectivity index (χ2n) is 6.92. The highest BCUT2D eigenvalue weighted by Crippen LogP contribution is 2.27. The van der Waals surface area contributed by atoms with Crippen molar-refractivity contribution in [2.75, 3.05) is 13.1 Å². The fourth-order valence-corrected chi connectivity index (χ4v) is 3.99. The van der Waals surface area contributed by atoms with Crippen LogP contribution in [0.3, 0.4) is 0 Å². The van der Waals surface area contributed by atoms with Crippen LogP contribution in [0, 0.1) is 0 Å². The average Bonchev–Trinajstić information content (AvgIpc) is 2.68. The van der Waals surface area contributed by atoms with Crippen LogP contribution in [0.1, 0.15) is 58.8 Å². The molecule has 0 spiro atoms. The van der Waals surface area contributed by atoms with E-state index in [1.54, 1.807) is 12.5 Å². The summed E-state index contributed by atoms with van der Waals surface area (Å²) in [6.45, 7) is 1.60. The van der Waals surface area contributed by atoms with Gasteiger partial charge in [-0.3, -0.25) is 4.79 Å². The number of aromatic nitrogens is 2. The van der Waals surface area contributed by atoms with E-state index < -0.39 is 0 Å². The van der Waals surface area contributed by atoms with Gasteiger partial charge in [-0.15, -0.1) is 0 Å². The van der Waals surface area contributed by atoms with Gasteiger partial charge in [-0.25, -0.2) is 9.97 Å². The van der Waals surface area contributed by atoms with E-state index in [1.807, 2.05) is 17.0 Å². The number of carbonyl (C=O) groups is 1. The molecule has 1 fully saturated rings. The number of carbonyl (C=O) groups excluding carboxylic acids is 1. The normalized spacial score (nSPS) is 20.5. The van der Waals surface area contributed by atoms with Gasteiger partial charge >= 0.3 is 0 Å². The lowest BCUT2D eigenvalue weighted by atomic mass is 9.89. The van der Waals surface area contributed by atoms with Crippen molar-refractivity contribution in [3.63, 3.8) is 0 Å². The van der Waals surface area contributed by atoms with E-state index in [2.05, 4.69) is 22.1 Å². The van der Waals surface area contributed by atoms with Crippen molar-refractivity contribution in [2.45, 2.75) is 44.4 Å². The van der Waals surface area contributed by atoms with Crippen LogP contribution in [0.2, 0.25) is 0 Å². The Balaban J connectivity index is 1.51. The number of nitrogens with zero attached hydrogens (tertiary/aromatic N) is 3. The first-order chi connectivity index (χ1) is 11.8. The molecule has 1 saturated heterocycles. The Morgan fingerprint density at radius 2 is 1.96 bits per heavy atom. The predicted octanol–water partition coefficient (Wildman–Crippen LogP) is 3.38. The molecular formula is C20H23N3O. The van der Waals surface area contributed by atoms with E-state index in [4.69, 9.17) is 0 Å². The van der Waals surface area contributed by atoms with Crippen LogP contribution in [0.15, 0.2) is 36.8 Å². The lowest BCUT2D eigenvalue weighted by molar-refractivity contribution is 0.0705. The van der Waals surface area contributed by atoms with Gasteiger partial charge in [-0.2, -0.15) is 0 Å². The smallest absolute Gasteiger partial charge is 0.253 e. The first kappa shape index (κ1) is 15.3. The quantitative estimate of drug-likeness (QED) is 0.852. The number of rotatable bonds is 2. The van der Waals surface area contributed by atoms with Gasteiger partial charge in [0, 0.05) is 36.5 Å². The Kier molecular flexibility index (Phi) is 4.28. The molecule has 1 amide bonds. The van der Waals surface area contributed by atoms with Crippen molar-refractivity contribution in [1.82, 2.24) is 14.9 Å². The van der Waals surface area contributed by atoms with E-state index in [-0.39, 0.29) is 5.91 Å². The van der Waals surface area contributed by atoms with Crippen LogP contribution in [0.4, 0.5) is 0 Å². The zero-order chi connectivity index (χ0) is 16.4. The topological polar surface area (TPSA) is 46.1 Å². The molecule has 4 heteroatoms. The van der Waals surface area contributed by atoms with Crippen LogP contribution >= 0.6 is 0 Å². The maximum absolute atomic E-state index is 13.0. The third-order valence-corrected chi connectivity index (χ3v) is 5.33. The maximum Gasteiger partial charge on any atom is 0.253 e. The van der Waals surface area contributed by atoms with E-state index in [9.17, 15) is 4.79 Å². The summed E-state index contributed by atoms with van der Waals surface area (Å²) in [4.78, 5) is 23.3. The van der Waals surface area contributed by atoms with Crippen LogP contribution in [-0.4, -0.2) is 33.9 Å². The van der Waals surface area contributed by atoms with E-state index in [1.165, 1.54) is 24.0 Å². The largest absolute Gasteiger partial charge is 0.338 e. The Morgan fingerprint density at radius 1 is 1.08 bits per heavy atom. The van der Waals surface area contributed by atoms with Gasteiger partial charge in [0.1, 0.15) is 6.33 Å². The molecule has 1 aliphatic carbocycles. The summed E-state index contributed by atoms with van der Waals surface area (Å²) in [6.07, 6.45) is 10.3. The summed E-state index contributed by atoms with van der Waals surface area (Å²) >= 11 is 0. The van der Waals surface area contributed by atoms with E-state index in [0.29, 0.717) is 5.92 Å². The van der Waals surface area contributed by atoms with Gasteiger partial charge in [0.2, 0.25) is 0 Å². The van der Waals surface area contributed by atoms with Gasteiger partial charge in [-0.1, -0.05) is 6.07 Å². The fourth-order valence-electron chi connectivity index (χ4n) is 3.99. The number of hydrogen-bond acceptors (Lipinski definition) is 3. The number of benzene rings is 1. The monoisotopic (exact) mass is 321 g/mol. The number of amides is 1. The molecule has 1 aromatic heterocycles.